The SMILES string of the molecule is CCN(C)c1ccc2c(ccc3c[n+]4c5ccccc5ccc4n32)c1. The van der Waals surface area contributed by atoms with Crippen LogP contribution < -0.4 is 9.30 Å². The van der Waals surface area contributed by atoms with Crippen LogP contribution in [-0.2, 0) is 0 Å². The zero-order valence-electron chi connectivity index (χ0n) is 14.5. The average molecular weight is 326 g/mol. The fourth-order valence-corrected chi connectivity index (χ4v) is 3.71. The molecule has 0 aliphatic rings. The van der Waals surface area contributed by atoms with Crippen LogP contribution in [0.2, 0.25) is 0 Å². The molecule has 0 aliphatic carbocycles. The molecule has 5 rings (SSSR count). The second kappa shape index (κ2) is 5.21. The fourth-order valence-electron chi connectivity index (χ4n) is 3.71. The summed E-state index contributed by atoms with van der Waals surface area (Å²) in [6, 6.07) is 24.1. The number of hydrogen-bond donors (Lipinski definition) is 0. The van der Waals surface area contributed by atoms with Crippen molar-refractivity contribution in [1.82, 2.24) is 4.40 Å². The molecule has 2 aromatic carbocycles. The molecule has 0 radical (unpaired) electrons. The van der Waals surface area contributed by atoms with Gasteiger partial charge in [-0.15, -0.1) is 0 Å². The van der Waals surface area contributed by atoms with E-state index in [2.05, 4.69) is 101 Å². The first-order chi connectivity index (χ1) is 12.3. The summed E-state index contributed by atoms with van der Waals surface area (Å²) in [5.41, 5.74) is 6.13. The molecule has 0 fully saturated rings. The van der Waals surface area contributed by atoms with Crippen LogP contribution >= 0.6 is 0 Å². The second-order valence-electron chi connectivity index (χ2n) is 6.60. The molecule has 0 spiro atoms. The Bertz CT molecular complexity index is 1250. The molecule has 25 heavy (non-hydrogen) atoms. The molecule has 3 aromatic heterocycles. The summed E-state index contributed by atoms with van der Waals surface area (Å²) in [7, 11) is 2.13. The van der Waals surface area contributed by atoms with Crippen molar-refractivity contribution in [3.63, 3.8) is 0 Å². The van der Waals surface area contributed by atoms with Gasteiger partial charge in [-0.2, -0.15) is 8.80 Å². The molecular weight excluding hydrogens is 306 g/mol. The smallest absolute Gasteiger partial charge is 0.292 e. The highest BCUT2D eigenvalue weighted by Gasteiger charge is 2.16. The highest BCUT2D eigenvalue weighted by Crippen LogP contribution is 2.25. The zero-order valence-corrected chi connectivity index (χ0v) is 14.5. The standard InChI is InChI=1S/C22H20N3/c1-3-23(2)18-11-12-21-17(14-18)8-10-19-15-24-20-7-5-4-6-16(20)9-13-22(24)25(19)21/h4-15H,3H2,1-2H3/q+1. The minimum absolute atomic E-state index is 1.00. The highest BCUT2D eigenvalue weighted by atomic mass is 15.1. The Morgan fingerprint density at radius 2 is 1.76 bits per heavy atom. The molecule has 0 amide bonds. The number of para-hydroxylation sites is 1. The first kappa shape index (κ1) is 14.3. The number of benzene rings is 2. The molecule has 0 bridgehead atoms. The molecule has 122 valence electrons. The normalized spacial score (nSPS) is 11.8. The van der Waals surface area contributed by atoms with E-state index in [1.54, 1.807) is 0 Å². The number of nitrogens with zero attached hydrogens (tertiary/aromatic N) is 3. The molecule has 3 nitrogen and oxygen atoms in total. The van der Waals surface area contributed by atoms with Crippen molar-refractivity contribution in [2.45, 2.75) is 6.92 Å². The third kappa shape index (κ3) is 2.02. The number of hydrogen-bond acceptors (Lipinski definition) is 1. The summed E-state index contributed by atoms with van der Waals surface area (Å²) in [6.45, 7) is 3.18. The van der Waals surface area contributed by atoms with Gasteiger partial charge in [-0.1, -0.05) is 18.2 Å². The van der Waals surface area contributed by atoms with Crippen molar-refractivity contribution in [1.29, 1.82) is 0 Å². The van der Waals surface area contributed by atoms with E-state index in [9.17, 15) is 0 Å². The third-order valence-electron chi connectivity index (χ3n) is 5.20. The van der Waals surface area contributed by atoms with Gasteiger partial charge in [0, 0.05) is 36.1 Å². The van der Waals surface area contributed by atoms with Gasteiger partial charge in [0.05, 0.1) is 0 Å². The Morgan fingerprint density at radius 1 is 0.920 bits per heavy atom. The number of pyridine rings is 2. The molecule has 5 aromatic rings. The first-order valence-corrected chi connectivity index (χ1v) is 8.75. The maximum atomic E-state index is 2.34. The molecule has 0 saturated heterocycles. The maximum absolute atomic E-state index is 2.34. The molecule has 0 N–H and O–H groups in total. The van der Waals surface area contributed by atoms with Gasteiger partial charge in [-0.25, -0.2) is 0 Å². The van der Waals surface area contributed by atoms with Crippen molar-refractivity contribution in [3.8, 4) is 0 Å². The van der Waals surface area contributed by atoms with E-state index in [4.69, 9.17) is 0 Å². The number of rotatable bonds is 2. The van der Waals surface area contributed by atoms with E-state index in [0.29, 0.717) is 0 Å². The van der Waals surface area contributed by atoms with Gasteiger partial charge in [-0.05, 0) is 49.4 Å². The third-order valence-corrected chi connectivity index (χ3v) is 5.20. The van der Waals surface area contributed by atoms with E-state index in [1.165, 1.54) is 38.7 Å². The van der Waals surface area contributed by atoms with Gasteiger partial charge < -0.3 is 4.90 Å². The van der Waals surface area contributed by atoms with Gasteiger partial charge in [0.1, 0.15) is 17.2 Å². The zero-order chi connectivity index (χ0) is 17.0. The Labute approximate surface area is 146 Å². The summed E-state index contributed by atoms with van der Waals surface area (Å²) in [5, 5.41) is 2.52. The van der Waals surface area contributed by atoms with E-state index in [0.717, 1.165) is 6.54 Å². The number of aromatic nitrogens is 2. The van der Waals surface area contributed by atoms with Gasteiger partial charge in [0.15, 0.2) is 5.52 Å². The minimum Gasteiger partial charge on any atom is -0.375 e. The number of imidazole rings is 1. The van der Waals surface area contributed by atoms with Crippen LogP contribution in [0.5, 0.6) is 0 Å². The largest absolute Gasteiger partial charge is 0.375 e. The Morgan fingerprint density at radius 3 is 2.64 bits per heavy atom. The maximum Gasteiger partial charge on any atom is 0.292 e. The molecular formula is C22H20N3+. The monoisotopic (exact) mass is 326 g/mol. The van der Waals surface area contributed by atoms with Crippen molar-refractivity contribution < 1.29 is 4.40 Å². The lowest BCUT2D eigenvalue weighted by Gasteiger charge is -2.16. The van der Waals surface area contributed by atoms with Gasteiger partial charge in [-0.3, -0.25) is 0 Å². The second-order valence-corrected chi connectivity index (χ2v) is 6.60. The highest BCUT2D eigenvalue weighted by molar-refractivity contribution is 5.88. The number of fused-ring (bicyclic) bond motifs is 7. The van der Waals surface area contributed by atoms with E-state index in [-0.39, 0.29) is 0 Å². The summed E-state index contributed by atoms with van der Waals surface area (Å²) in [5.74, 6) is 0. The van der Waals surface area contributed by atoms with Crippen LogP contribution in [0.4, 0.5) is 5.69 Å². The molecule has 3 heterocycles. The van der Waals surface area contributed by atoms with Gasteiger partial charge in [0.25, 0.3) is 5.65 Å². The van der Waals surface area contributed by atoms with Crippen molar-refractivity contribution in [3.05, 3.63) is 72.9 Å². The van der Waals surface area contributed by atoms with Crippen LogP contribution in [0.25, 0.3) is 33.0 Å². The summed E-state index contributed by atoms with van der Waals surface area (Å²) < 4.78 is 4.63. The summed E-state index contributed by atoms with van der Waals surface area (Å²) in [4.78, 5) is 2.26. The summed E-state index contributed by atoms with van der Waals surface area (Å²) in [6.07, 6.45) is 2.23. The van der Waals surface area contributed by atoms with Gasteiger partial charge in [0.2, 0.25) is 0 Å². The van der Waals surface area contributed by atoms with E-state index < -0.39 is 0 Å². The predicted octanol–water partition coefficient (Wildman–Crippen LogP) is 4.44. The molecule has 0 unspecified atom stereocenters. The first-order valence-electron chi connectivity index (χ1n) is 8.75. The van der Waals surface area contributed by atoms with Crippen molar-refractivity contribution >= 4 is 38.7 Å². The molecule has 0 aliphatic heterocycles. The Balaban J connectivity index is 1.90. The predicted molar refractivity (Wildman–Crippen MR) is 105 cm³/mol. The molecule has 0 atom stereocenters. The average Bonchev–Trinajstić information content (AvgIpc) is 3.06. The molecule has 0 saturated carbocycles. The lowest BCUT2D eigenvalue weighted by atomic mass is 10.1. The van der Waals surface area contributed by atoms with Crippen molar-refractivity contribution in [2.24, 2.45) is 0 Å². The van der Waals surface area contributed by atoms with Crippen molar-refractivity contribution in [2.75, 3.05) is 18.5 Å². The minimum atomic E-state index is 1.00. The van der Waals surface area contributed by atoms with Crippen LogP contribution in [0, 0.1) is 0 Å². The van der Waals surface area contributed by atoms with E-state index >= 15 is 0 Å². The van der Waals surface area contributed by atoms with Gasteiger partial charge >= 0.3 is 0 Å². The quantitative estimate of drug-likeness (QED) is 0.437. The number of anilines is 1. The lowest BCUT2D eigenvalue weighted by molar-refractivity contribution is -0.479. The van der Waals surface area contributed by atoms with Crippen LogP contribution in [0.1, 0.15) is 6.92 Å². The fraction of sp³-hybridized carbons (Fsp3) is 0.136. The van der Waals surface area contributed by atoms with Crippen LogP contribution in [0.15, 0.2) is 72.9 Å². The lowest BCUT2D eigenvalue weighted by Crippen LogP contribution is -2.19. The summed E-state index contributed by atoms with van der Waals surface area (Å²) >= 11 is 0. The topological polar surface area (TPSA) is 11.8 Å². The van der Waals surface area contributed by atoms with Crippen LogP contribution in [0.3, 0.4) is 0 Å². The van der Waals surface area contributed by atoms with E-state index in [1.807, 2.05) is 0 Å². The van der Waals surface area contributed by atoms with Crippen LogP contribution in [-0.4, -0.2) is 18.0 Å². The Hall–Kier alpha value is -3.07. The Kier molecular flexibility index (Phi) is 2.98. The molecule has 3 heteroatoms.